The second kappa shape index (κ2) is 11.1. The Morgan fingerprint density at radius 3 is 2.40 bits per heavy atom. The van der Waals surface area contributed by atoms with Gasteiger partial charge >= 0.3 is 5.97 Å². The molecular formula is C22H30N2O5S. The van der Waals surface area contributed by atoms with E-state index in [4.69, 9.17) is 4.74 Å². The van der Waals surface area contributed by atoms with Gasteiger partial charge in [0.05, 0.1) is 11.3 Å². The van der Waals surface area contributed by atoms with Gasteiger partial charge in [0.25, 0.3) is 5.91 Å². The van der Waals surface area contributed by atoms with Gasteiger partial charge in [0.2, 0.25) is 10.0 Å². The minimum absolute atomic E-state index is 0.00682. The van der Waals surface area contributed by atoms with E-state index in [9.17, 15) is 18.0 Å². The van der Waals surface area contributed by atoms with Gasteiger partial charge in [-0.2, -0.15) is 0 Å². The summed E-state index contributed by atoms with van der Waals surface area (Å²) in [5.41, 5.74) is 0. The highest BCUT2D eigenvalue weighted by atomic mass is 32.2. The average molecular weight is 435 g/mol. The maximum Gasteiger partial charge on any atom is 0.307 e. The lowest BCUT2D eigenvalue weighted by Crippen LogP contribution is -2.36. The molecule has 2 aromatic rings. The van der Waals surface area contributed by atoms with Crippen molar-refractivity contribution in [2.45, 2.75) is 51.0 Å². The molecule has 0 saturated heterocycles. The fraction of sp³-hybridized carbons (Fsp3) is 0.455. The zero-order chi connectivity index (χ0) is 22.1. The van der Waals surface area contributed by atoms with Gasteiger partial charge in [-0.15, -0.1) is 0 Å². The molecule has 0 heterocycles. The first-order valence-corrected chi connectivity index (χ1v) is 11.6. The summed E-state index contributed by atoms with van der Waals surface area (Å²) < 4.78 is 32.2. The molecule has 8 heteroatoms. The van der Waals surface area contributed by atoms with E-state index in [1.54, 1.807) is 12.1 Å². The Labute approximate surface area is 178 Å². The number of nitrogens with one attached hydrogen (secondary N) is 2. The predicted octanol–water partition coefficient (Wildman–Crippen LogP) is 2.99. The van der Waals surface area contributed by atoms with Crippen molar-refractivity contribution in [2.24, 2.45) is 5.92 Å². The summed E-state index contributed by atoms with van der Waals surface area (Å²) in [5.74, 6) is -0.446. The lowest BCUT2D eigenvalue weighted by molar-refractivity contribution is -0.148. The van der Waals surface area contributed by atoms with Gasteiger partial charge in [-0.1, -0.05) is 44.2 Å². The summed E-state index contributed by atoms with van der Waals surface area (Å²) in [4.78, 5) is 23.8. The summed E-state index contributed by atoms with van der Waals surface area (Å²) in [5, 5.41) is 4.53. The van der Waals surface area contributed by atoms with Crippen LogP contribution in [-0.2, 0) is 24.3 Å². The number of sulfonamides is 1. The molecule has 0 unspecified atom stereocenters. The third-order valence-electron chi connectivity index (χ3n) is 4.60. The molecule has 0 radical (unpaired) electrons. The van der Waals surface area contributed by atoms with Crippen LogP contribution in [0.4, 0.5) is 0 Å². The zero-order valence-electron chi connectivity index (χ0n) is 17.7. The molecule has 0 aromatic heterocycles. The largest absolute Gasteiger partial charge is 0.456 e. The van der Waals surface area contributed by atoms with E-state index in [2.05, 4.69) is 23.9 Å². The summed E-state index contributed by atoms with van der Waals surface area (Å²) in [6.45, 7) is 5.65. The molecule has 1 amide bonds. The van der Waals surface area contributed by atoms with Crippen LogP contribution in [0.1, 0.15) is 40.0 Å². The Bertz CT molecular complexity index is 972. The van der Waals surface area contributed by atoms with E-state index in [1.165, 1.54) is 6.07 Å². The van der Waals surface area contributed by atoms with Crippen LogP contribution in [0, 0.1) is 5.92 Å². The molecule has 0 aliphatic heterocycles. The van der Waals surface area contributed by atoms with Gasteiger partial charge in [-0.05, 0) is 48.6 Å². The lowest BCUT2D eigenvalue weighted by Gasteiger charge is -2.15. The SMILES string of the molecule is CC(C)CC[C@H](C)NC(=O)COC(=O)CCNS(=O)(=O)c1ccc2ccccc2c1. The minimum Gasteiger partial charge on any atom is -0.456 e. The molecule has 30 heavy (non-hydrogen) atoms. The molecule has 0 bridgehead atoms. The normalized spacial score (nSPS) is 12.7. The van der Waals surface area contributed by atoms with Gasteiger partial charge in [-0.3, -0.25) is 9.59 Å². The Balaban J connectivity index is 1.74. The topological polar surface area (TPSA) is 102 Å². The van der Waals surface area contributed by atoms with E-state index in [0.29, 0.717) is 5.92 Å². The monoisotopic (exact) mass is 434 g/mol. The maximum atomic E-state index is 12.4. The highest BCUT2D eigenvalue weighted by Crippen LogP contribution is 2.18. The quantitative estimate of drug-likeness (QED) is 0.530. The van der Waals surface area contributed by atoms with Crippen LogP contribution in [0.15, 0.2) is 47.4 Å². The smallest absolute Gasteiger partial charge is 0.307 e. The molecule has 0 aliphatic carbocycles. The van der Waals surface area contributed by atoms with Crippen LogP contribution in [0.2, 0.25) is 0 Å². The summed E-state index contributed by atoms with van der Waals surface area (Å²) in [7, 11) is -3.75. The van der Waals surface area contributed by atoms with Gasteiger partial charge in [-0.25, -0.2) is 13.1 Å². The van der Waals surface area contributed by atoms with Crippen molar-refractivity contribution in [2.75, 3.05) is 13.2 Å². The molecule has 2 rings (SSSR count). The van der Waals surface area contributed by atoms with Crippen LogP contribution in [0.25, 0.3) is 10.8 Å². The fourth-order valence-corrected chi connectivity index (χ4v) is 3.96. The van der Waals surface area contributed by atoms with E-state index in [0.717, 1.165) is 23.6 Å². The molecule has 0 saturated carbocycles. The number of amides is 1. The van der Waals surface area contributed by atoms with Crippen LogP contribution in [0.5, 0.6) is 0 Å². The second-order valence-corrected chi connectivity index (χ2v) is 9.52. The molecule has 2 aromatic carbocycles. The van der Waals surface area contributed by atoms with Gasteiger partial charge in [0.15, 0.2) is 6.61 Å². The minimum atomic E-state index is -3.75. The van der Waals surface area contributed by atoms with E-state index in [-0.39, 0.29) is 36.4 Å². The van der Waals surface area contributed by atoms with Crippen molar-refractivity contribution in [3.05, 3.63) is 42.5 Å². The highest BCUT2D eigenvalue weighted by molar-refractivity contribution is 7.89. The van der Waals surface area contributed by atoms with Crippen LogP contribution in [-0.4, -0.2) is 39.5 Å². The summed E-state index contributed by atoms with van der Waals surface area (Å²) in [6, 6.07) is 12.3. The third kappa shape index (κ3) is 7.76. The second-order valence-electron chi connectivity index (χ2n) is 7.76. The predicted molar refractivity (Wildman–Crippen MR) is 116 cm³/mol. The fourth-order valence-electron chi connectivity index (χ4n) is 2.90. The Kier molecular flexibility index (Phi) is 8.80. The molecule has 2 N–H and O–H groups in total. The third-order valence-corrected chi connectivity index (χ3v) is 6.06. The number of rotatable bonds is 11. The van der Waals surface area contributed by atoms with Crippen LogP contribution < -0.4 is 10.0 Å². The summed E-state index contributed by atoms with van der Waals surface area (Å²) in [6.07, 6.45) is 1.69. The van der Waals surface area contributed by atoms with Crippen molar-refractivity contribution < 1.29 is 22.7 Å². The van der Waals surface area contributed by atoms with Crippen molar-refractivity contribution in [1.29, 1.82) is 0 Å². The van der Waals surface area contributed by atoms with Gasteiger partial charge in [0.1, 0.15) is 0 Å². The number of hydrogen-bond donors (Lipinski definition) is 2. The molecule has 0 spiro atoms. The van der Waals surface area contributed by atoms with E-state index < -0.39 is 16.0 Å². The van der Waals surface area contributed by atoms with Crippen LogP contribution in [0.3, 0.4) is 0 Å². The zero-order valence-corrected chi connectivity index (χ0v) is 18.5. The highest BCUT2D eigenvalue weighted by Gasteiger charge is 2.16. The number of fused-ring (bicyclic) bond motifs is 1. The molecular weight excluding hydrogens is 404 g/mol. The van der Waals surface area contributed by atoms with Crippen LogP contribution >= 0.6 is 0 Å². The molecule has 7 nitrogen and oxygen atoms in total. The van der Waals surface area contributed by atoms with Crippen molar-refractivity contribution in [3.8, 4) is 0 Å². The number of benzene rings is 2. The molecule has 0 aliphatic rings. The number of esters is 1. The van der Waals surface area contributed by atoms with E-state index >= 15 is 0 Å². The first-order chi connectivity index (χ1) is 14.2. The Morgan fingerprint density at radius 2 is 1.70 bits per heavy atom. The first kappa shape index (κ1) is 23.8. The number of carbonyl (C=O) groups excluding carboxylic acids is 2. The summed E-state index contributed by atoms with van der Waals surface area (Å²) >= 11 is 0. The van der Waals surface area contributed by atoms with E-state index in [1.807, 2.05) is 31.2 Å². The maximum absolute atomic E-state index is 12.4. The molecule has 164 valence electrons. The first-order valence-electron chi connectivity index (χ1n) is 10.1. The molecule has 1 atom stereocenters. The lowest BCUT2D eigenvalue weighted by atomic mass is 10.0. The standard InChI is InChI=1S/C22H30N2O5S/c1-16(2)8-9-17(3)24-21(25)15-29-22(26)12-13-23-30(27,28)20-11-10-18-6-4-5-7-19(18)14-20/h4-7,10-11,14,16-17,23H,8-9,12-13,15H2,1-3H3,(H,24,25)/t17-/m0/s1. The van der Waals surface area contributed by atoms with Crippen molar-refractivity contribution >= 4 is 32.7 Å². The average Bonchev–Trinajstić information content (AvgIpc) is 2.70. The van der Waals surface area contributed by atoms with Crippen molar-refractivity contribution in [3.63, 3.8) is 0 Å². The Hall–Kier alpha value is -2.45. The van der Waals surface area contributed by atoms with Gasteiger partial charge < -0.3 is 10.1 Å². The van der Waals surface area contributed by atoms with Gasteiger partial charge in [0, 0.05) is 12.6 Å². The molecule has 0 fully saturated rings. The van der Waals surface area contributed by atoms with Crippen molar-refractivity contribution in [1.82, 2.24) is 10.0 Å². The number of ether oxygens (including phenoxy) is 1. The Morgan fingerprint density at radius 1 is 1.00 bits per heavy atom. The number of hydrogen-bond acceptors (Lipinski definition) is 5. The number of carbonyl (C=O) groups is 2.